The fraction of sp³-hybridized carbons (Fsp3) is 0. The second-order valence-corrected chi connectivity index (χ2v) is 5.36. The Balaban J connectivity index is -0.000000143. The van der Waals surface area contributed by atoms with Gasteiger partial charge in [-0.25, -0.2) is 0 Å². The molecule has 1 N–H and O–H groups in total. The summed E-state index contributed by atoms with van der Waals surface area (Å²) >= 11 is -8.99. The molecule has 78 valence electrons. The van der Waals surface area contributed by atoms with Crippen LogP contribution in [0.25, 0.3) is 0 Å². The average molecular weight is 286 g/mol. The molecule has 0 rings (SSSR count). The summed E-state index contributed by atoms with van der Waals surface area (Å²) in [6.07, 6.45) is 0. The molecule has 0 aliphatic carbocycles. The summed E-state index contributed by atoms with van der Waals surface area (Å²) in [6, 6.07) is 0. The van der Waals surface area contributed by atoms with E-state index in [1.807, 2.05) is 0 Å². The Morgan fingerprint density at radius 3 is 1.23 bits per heavy atom. The molecule has 0 aliphatic rings. The molecule has 0 aromatic rings. The molecule has 0 spiro atoms. The summed E-state index contributed by atoms with van der Waals surface area (Å²) in [4.78, 5) is 0. The van der Waals surface area contributed by atoms with E-state index in [9.17, 15) is 25.8 Å². The van der Waals surface area contributed by atoms with Gasteiger partial charge in [-0.15, -0.1) is 0 Å². The van der Waals surface area contributed by atoms with Crippen LogP contribution in [-0.2, 0) is 10.1 Å². The molecule has 0 bridgehead atoms. The molecular weight excluding hydrogens is 281 g/mol. The summed E-state index contributed by atoms with van der Waals surface area (Å²) in [5.74, 6) is 0. The van der Waals surface area contributed by atoms with Crippen LogP contribution in [-0.4, -0.2) is 46.6 Å². The first-order chi connectivity index (χ1) is 4.80. The first-order valence-corrected chi connectivity index (χ1v) is 7.05. The van der Waals surface area contributed by atoms with Crippen molar-refractivity contribution in [2.45, 2.75) is 0 Å². The van der Waals surface area contributed by atoms with Gasteiger partial charge in [0, 0.05) is 0 Å². The van der Waals surface area contributed by atoms with Gasteiger partial charge < -0.3 is 0 Å². The molecule has 3 nitrogen and oxygen atoms in total. The Labute approximate surface area is 86.1 Å². The Kier molecular flexibility index (Phi) is 7.88. The molecular formula is C2H5AsF5LiO3S. The van der Waals surface area contributed by atoms with E-state index in [1.165, 1.54) is 0 Å². The molecule has 0 fully saturated rings. The molecule has 0 aromatic heterocycles. The van der Waals surface area contributed by atoms with Crippen LogP contribution in [0.3, 0.4) is 0 Å². The Hall–Kier alpha value is 0.456. The van der Waals surface area contributed by atoms with Crippen molar-refractivity contribution < 1.29 is 30.3 Å². The quantitative estimate of drug-likeness (QED) is 0.446. The fourth-order valence-corrected chi connectivity index (χ4v) is 0. The van der Waals surface area contributed by atoms with Crippen LogP contribution in [0.4, 0.5) is 17.3 Å². The molecule has 0 atom stereocenters. The van der Waals surface area contributed by atoms with E-state index in [4.69, 9.17) is 4.55 Å². The van der Waals surface area contributed by atoms with Gasteiger partial charge in [0.05, 0.1) is 5.41 Å². The van der Waals surface area contributed by atoms with E-state index in [0.717, 1.165) is 0 Å². The SMILES string of the molecule is C=CS(=O)(=O)O.F[As](F)(F)(F)F.[LiH]. The van der Waals surface area contributed by atoms with Crippen LogP contribution in [0.15, 0.2) is 12.0 Å². The van der Waals surface area contributed by atoms with Crippen molar-refractivity contribution >= 4 is 43.8 Å². The van der Waals surface area contributed by atoms with Crippen LogP contribution in [0.1, 0.15) is 0 Å². The second-order valence-electron chi connectivity index (χ2n) is 1.32. The van der Waals surface area contributed by atoms with Gasteiger partial charge >= 0.3 is 51.0 Å². The van der Waals surface area contributed by atoms with Crippen molar-refractivity contribution in [1.29, 1.82) is 0 Å². The molecule has 0 saturated heterocycles. The summed E-state index contributed by atoms with van der Waals surface area (Å²) in [5, 5.41) is 0.465. The zero-order valence-corrected chi connectivity index (χ0v) is 7.99. The third kappa shape index (κ3) is 114. The fourth-order valence-electron chi connectivity index (χ4n) is 0. The van der Waals surface area contributed by atoms with Crippen molar-refractivity contribution in [2.75, 3.05) is 0 Å². The maximum atomic E-state index is 9.89. The van der Waals surface area contributed by atoms with Gasteiger partial charge in [0.25, 0.3) is 10.1 Å². The predicted molar refractivity (Wildman–Crippen MR) is 40.2 cm³/mol. The monoisotopic (exact) mass is 286 g/mol. The second kappa shape index (κ2) is 5.36. The standard InChI is InChI=1S/C2H4O3S.AsF5.Li.H/c1-2-6(3,4)5;2-1(3,4,5)6;;/h2H,1H2,(H,3,4,5);;;. The molecule has 0 aromatic carbocycles. The van der Waals surface area contributed by atoms with Crippen molar-refractivity contribution in [2.24, 2.45) is 0 Å². The summed E-state index contributed by atoms with van der Waals surface area (Å²) in [6.45, 7) is 2.79. The zero-order valence-electron chi connectivity index (χ0n) is 5.29. The normalized spacial score (nSPS) is 13.8. The minimum atomic E-state index is -8.99. The van der Waals surface area contributed by atoms with E-state index < -0.39 is 24.9 Å². The first-order valence-electron chi connectivity index (χ1n) is 2.01. The van der Waals surface area contributed by atoms with Crippen molar-refractivity contribution in [1.82, 2.24) is 0 Å². The molecule has 0 aliphatic heterocycles. The van der Waals surface area contributed by atoms with E-state index in [1.54, 1.807) is 0 Å². The van der Waals surface area contributed by atoms with Gasteiger partial charge in [-0.05, 0) is 0 Å². The van der Waals surface area contributed by atoms with Crippen LogP contribution in [0.5, 0.6) is 0 Å². The van der Waals surface area contributed by atoms with Crippen molar-refractivity contribution in [3.63, 3.8) is 0 Å². The molecule has 0 unspecified atom stereocenters. The van der Waals surface area contributed by atoms with E-state index >= 15 is 0 Å². The van der Waals surface area contributed by atoms with Gasteiger partial charge in [-0.3, -0.25) is 4.55 Å². The van der Waals surface area contributed by atoms with Crippen LogP contribution in [0.2, 0.25) is 0 Å². The predicted octanol–water partition coefficient (Wildman–Crippen LogP) is 1.09. The molecule has 0 saturated carbocycles. The Morgan fingerprint density at radius 2 is 1.23 bits per heavy atom. The number of hydrogen-bond acceptors (Lipinski definition) is 2. The van der Waals surface area contributed by atoms with E-state index in [-0.39, 0.29) is 18.9 Å². The van der Waals surface area contributed by atoms with Crippen molar-refractivity contribution in [3.8, 4) is 0 Å². The average Bonchev–Trinajstić information content (AvgIpc) is 1.56. The van der Waals surface area contributed by atoms with Crippen LogP contribution < -0.4 is 0 Å². The van der Waals surface area contributed by atoms with E-state index in [2.05, 4.69) is 6.58 Å². The van der Waals surface area contributed by atoms with Gasteiger partial charge in [0.15, 0.2) is 0 Å². The Bertz CT molecular complexity index is 226. The van der Waals surface area contributed by atoms with Crippen LogP contribution >= 0.6 is 0 Å². The van der Waals surface area contributed by atoms with Gasteiger partial charge in [-0.2, -0.15) is 8.42 Å². The zero-order chi connectivity index (χ0) is 10.7. The number of hydrogen-bond donors (Lipinski definition) is 1. The molecule has 0 heterocycles. The minimum absolute atomic E-state index is 0. The van der Waals surface area contributed by atoms with Gasteiger partial charge in [-0.1, -0.05) is 6.58 Å². The summed E-state index contributed by atoms with van der Waals surface area (Å²) in [7, 11) is -3.90. The summed E-state index contributed by atoms with van der Waals surface area (Å²) in [5.41, 5.74) is 0. The molecule has 11 heteroatoms. The summed E-state index contributed by atoms with van der Waals surface area (Å²) < 4.78 is 76.0. The third-order valence-corrected chi connectivity index (χ3v) is 0.632. The van der Waals surface area contributed by atoms with E-state index in [0.29, 0.717) is 5.41 Å². The number of halogens is 5. The molecule has 0 radical (unpaired) electrons. The van der Waals surface area contributed by atoms with Crippen LogP contribution in [0, 0.1) is 0 Å². The Morgan fingerprint density at radius 1 is 1.15 bits per heavy atom. The molecule has 13 heavy (non-hydrogen) atoms. The topological polar surface area (TPSA) is 54.4 Å². The van der Waals surface area contributed by atoms with Crippen molar-refractivity contribution in [3.05, 3.63) is 12.0 Å². The van der Waals surface area contributed by atoms with Gasteiger partial charge in [0.2, 0.25) is 0 Å². The third-order valence-electron chi connectivity index (χ3n) is 0.211. The number of rotatable bonds is 1. The van der Waals surface area contributed by atoms with Gasteiger partial charge in [0.1, 0.15) is 0 Å². The first kappa shape index (κ1) is 19.1. The molecule has 0 amide bonds. The maximum absolute atomic E-state index is 9.89.